The van der Waals surface area contributed by atoms with E-state index < -0.39 is 10.0 Å². The summed E-state index contributed by atoms with van der Waals surface area (Å²) in [4.78, 5) is 4.31. The molecule has 0 radical (unpaired) electrons. The van der Waals surface area contributed by atoms with Crippen LogP contribution in [-0.4, -0.2) is 29.8 Å². The third-order valence-electron chi connectivity index (χ3n) is 4.58. The van der Waals surface area contributed by atoms with Crippen molar-refractivity contribution in [1.29, 1.82) is 0 Å². The van der Waals surface area contributed by atoms with E-state index in [2.05, 4.69) is 9.71 Å². The Kier molecular flexibility index (Phi) is 5.33. The zero-order chi connectivity index (χ0) is 16.1. The highest BCUT2D eigenvalue weighted by atomic mass is 32.2. The summed E-state index contributed by atoms with van der Waals surface area (Å²) in [6.45, 7) is 0.433. The second kappa shape index (κ2) is 7.45. The maximum absolute atomic E-state index is 12.4. The number of hydrogen-bond donors (Lipinski definition) is 1. The molecule has 0 atom stereocenters. The topological polar surface area (TPSA) is 64.0 Å². The normalized spacial score (nSPS) is 17.9. The molecule has 1 fully saturated rings. The monoisotopic (exact) mass is 335 g/mol. The summed E-state index contributed by atoms with van der Waals surface area (Å²) < 4.78 is 29.6. The molecule has 2 aromatic rings. The molecule has 3 rings (SSSR count). The zero-order valence-corrected chi connectivity index (χ0v) is 14.3. The highest BCUT2D eigenvalue weighted by Gasteiger charge is 2.19. The van der Waals surface area contributed by atoms with E-state index in [1.807, 2.05) is 28.8 Å². The SMILES string of the molecule is O=S(=O)(CCn1cnc2ccccc21)NC1CCCCCCC1. The molecule has 0 bridgehead atoms. The van der Waals surface area contributed by atoms with Gasteiger partial charge in [0.05, 0.1) is 23.1 Å². The van der Waals surface area contributed by atoms with Crippen LogP contribution in [0.25, 0.3) is 11.0 Å². The molecule has 0 spiro atoms. The van der Waals surface area contributed by atoms with Gasteiger partial charge in [-0.15, -0.1) is 0 Å². The molecule has 0 unspecified atom stereocenters. The van der Waals surface area contributed by atoms with E-state index in [1.165, 1.54) is 19.3 Å². The standard InChI is InChI=1S/C17H25N3O2S/c21-23(22,19-15-8-4-2-1-3-5-9-15)13-12-20-14-18-16-10-6-7-11-17(16)20/h6-7,10-11,14-15,19H,1-5,8-9,12-13H2. The molecular formula is C17H25N3O2S. The van der Waals surface area contributed by atoms with Crippen LogP contribution in [0.15, 0.2) is 30.6 Å². The average Bonchev–Trinajstić information content (AvgIpc) is 2.91. The van der Waals surface area contributed by atoms with Crippen LogP contribution in [0.1, 0.15) is 44.9 Å². The molecule has 126 valence electrons. The Labute approximate surface area is 138 Å². The van der Waals surface area contributed by atoms with Crippen LogP contribution >= 0.6 is 0 Å². The van der Waals surface area contributed by atoms with Gasteiger partial charge in [0.1, 0.15) is 0 Å². The molecule has 23 heavy (non-hydrogen) atoms. The second-order valence-corrected chi connectivity index (χ2v) is 8.28. The number of aryl methyl sites for hydroxylation is 1. The van der Waals surface area contributed by atoms with Gasteiger partial charge in [-0.1, -0.05) is 44.2 Å². The lowest BCUT2D eigenvalue weighted by Crippen LogP contribution is -2.37. The van der Waals surface area contributed by atoms with Crippen molar-refractivity contribution in [2.45, 2.75) is 57.5 Å². The van der Waals surface area contributed by atoms with Crippen LogP contribution in [0.4, 0.5) is 0 Å². The van der Waals surface area contributed by atoms with Crippen LogP contribution in [0.5, 0.6) is 0 Å². The van der Waals surface area contributed by atoms with E-state index >= 15 is 0 Å². The van der Waals surface area contributed by atoms with Crippen molar-refractivity contribution < 1.29 is 8.42 Å². The Bertz CT molecular complexity index is 731. The van der Waals surface area contributed by atoms with Crippen molar-refractivity contribution in [3.63, 3.8) is 0 Å². The first-order valence-electron chi connectivity index (χ1n) is 8.54. The summed E-state index contributed by atoms with van der Waals surface area (Å²) in [7, 11) is -3.25. The number of nitrogens with zero attached hydrogens (tertiary/aromatic N) is 2. The lowest BCUT2D eigenvalue weighted by molar-refractivity contribution is 0.426. The summed E-state index contributed by atoms with van der Waals surface area (Å²) in [5, 5.41) is 0. The van der Waals surface area contributed by atoms with Crippen LogP contribution in [-0.2, 0) is 16.6 Å². The number of benzene rings is 1. The Morgan fingerprint density at radius 3 is 2.57 bits per heavy atom. The average molecular weight is 335 g/mol. The van der Waals surface area contributed by atoms with Crippen LogP contribution in [0.3, 0.4) is 0 Å². The van der Waals surface area contributed by atoms with Crippen molar-refractivity contribution in [3.05, 3.63) is 30.6 Å². The molecule has 0 saturated heterocycles. The van der Waals surface area contributed by atoms with Gasteiger partial charge in [-0.2, -0.15) is 0 Å². The van der Waals surface area contributed by atoms with Crippen molar-refractivity contribution in [2.24, 2.45) is 0 Å². The number of aromatic nitrogens is 2. The Hall–Kier alpha value is -1.40. The van der Waals surface area contributed by atoms with Gasteiger partial charge < -0.3 is 4.57 Å². The Morgan fingerprint density at radius 2 is 1.78 bits per heavy atom. The summed E-state index contributed by atoms with van der Waals surface area (Å²) in [5.74, 6) is 0.101. The Morgan fingerprint density at radius 1 is 1.09 bits per heavy atom. The molecule has 1 heterocycles. The molecule has 1 aliphatic carbocycles. The fourth-order valence-electron chi connectivity index (χ4n) is 3.29. The predicted octanol–water partition coefficient (Wildman–Crippen LogP) is 3.07. The maximum Gasteiger partial charge on any atom is 0.213 e. The summed E-state index contributed by atoms with van der Waals surface area (Å²) in [5.41, 5.74) is 1.88. The highest BCUT2D eigenvalue weighted by molar-refractivity contribution is 7.89. The molecule has 5 nitrogen and oxygen atoms in total. The minimum absolute atomic E-state index is 0.101. The van der Waals surface area contributed by atoms with E-state index in [1.54, 1.807) is 6.33 Å². The maximum atomic E-state index is 12.4. The summed E-state index contributed by atoms with van der Waals surface area (Å²) in [6, 6.07) is 7.90. The fourth-order valence-corrected chi connectivity index (χ4v) is 4.59. The first kappa shape index (κ1) is 16.5. The number of para-hydroxylation sites is 2. The quantitative estimate of drug-likeness (QED) is 0.913. The first-order valence-corrected chi connectivity index (χ1v) is 10.2. The molecule has 6 heteroatoms. The van der Waals surface area contributed by atoms with Gasteiger partial charge in [-0.25, -0.2) is 18.1 Å². The van der Waals surface area contributed by atoms with Gasteiger partial charge in [0.15, 0.2) is 0 Å². The fraction of sp³-hybridized carbons (Fsp3) is 0.588. The van der Waals surface area contributed by atoms with Crippen molar-refractivity contribution in [2.75, 3.05) is 5.75 Å². The third kappa shape index (κ3) is 4.54. The first-order chi connectivity index (χ1) is 11.1. The van der Waals surface area contributed by atoms with Gasteiger partial charge >= 0.3 is 0 Å². The van der Waals surface area contributed by atoms with Gasteiger partial charge in [-0.3, -0.25) is 0 Å². The Balaban J connectivity index is 1.59. The van der Waals surface area contributed by atoms with E-state index in [0.717, 1.165) is 36.7 Å². The van der Waals surface area contributed by atoms with E-state index in [9.17, 15) is 8.42 Å². The predicted molar refractivity (Wildman–Crippen MR) is 92.8 cm³/mol. The zero-order valence-electron chi connectivity index (χ0n) is 13.4. The smallest absolute Gasteiger partial charge is 0.213 e. The van der Waals surface area contributed by atoms with Gasteiger partial charge in [0, 0.05) is 12.6 Å². The van der Waals surface area contributed by atoms with E-state index in [-0.39, 0.29) is 11.8 Å². The summed E-state index contributed by atoms with van der Waals surface area (Å²) >= 11 is 0. The lowest BCUT2D eigenvalue weighted by Gasteiger charge is -2.21. The minimum atomic E-state index is -3.25. The molecule has 1 aromatic heterocycles. The largest absolute Gasteiger partial charge is 0.330 e. The summed E-state index contributed by atoms with van der Waals surface area (Å²) in [6.07, 6.45) is 9.63. The minimum Gasteiger partial charge on any atom is -0.330 e. The van der Waals surface area contributed by atoms with Crippen LogP contribution in [0, 0.1) is 0 Å². The molecule has 1 aromatic carbocycles. The van der Waals surface area contributed by atoms with Crippen molar-refractivity contribution in [3.8, 4) is 0 Å². The van der Waals surface area contributed by atoms with E-state index in [0.29, 0.717) is 6.54 Å². The third-order valence-corrected chi connectivity index (χ3v) is 5.99. The number of rotatable bonds is 5. The van der Waals surface area contributed by atoms with Gasteiger partial charge in [-0.05, 0) is 25.0 Å². The molecular weight excluding hydrogens is 310 g/mol. The number of imidazole rings is 1. The molecule has 1 aliphatic rings. The number of sulfonamides is 1. The number of hydrogen-bond acceptors (Lipinski definition) is 3. The number of nitrogens with one attached hydrogen (secondary N) is 1. The van der Waals surface area contributed by atoms with Crippen LogP contribution < -0.4 is 4.72 Å². The lowest BCUT2D eigenvalue weighted by atomic mass is 9.97. The van der Waals surface area contributed by atoms with Crippen molar-refractivity contribution in [1.82, 2.24) is 14.3 Å². The highest BCUT2D eigenvalue weighted by Crippen LogP contribution is 2.18. The van der Waals surface area contributed by atoms with Crippen LogP contribution in [0.2, 0.25) is 0 Å². The number of fused-ring (bicyclic) bond motifs is 1. The van der Waals surface area contributed by atoms with Gasteiger partial charge in [0.2, 0.25) is 10.0 Å². The molecule has 1 N–H and O–H groups in total. The van der Waals surface area contributed by atoms with Crippen molar-refractivity contribution >= 4 is 21.1 Å². The molecule has 1 saturated carbocycles. The van der Waals surface area contributed by atoms with E-state index in [4.69, 9.17) is 0 Å². The molecule has 0 aliphatic heterocycles. The second-order valence-electron chi connectivity index (χ2n) is 6.41. The molecule has 0 amide bonds. The van der Waals surface area contributed by atoms with Gasteiger partial charge in [0.25, 0.3) is 0 Å².